The maximum absolute atomic E-state index is 3.66. The summed E-state index contributed by atoms with van der Waals surface area (Å²) in [4.78, 5) is 0. The van der Waals surface area contributed by atoms with Gasteiger partial charge in [0.15, 0.2) is 0 Å². The van der Waals surface area contributed by atoms with Crippen LogP contribution in [-0.2, 0) is 0 Å². The van der Waals surface area contributed by atoms with Crippen LogP contribution in [0, 0.1) is 0 Å². The summed E-state index contributed by atoms with van der Waals surface area (Å²) in [5, 5.41) is 0. The normalized spacial score (nSPS) is 10.4. The third-order valence-corrected chi connectivity index (χ3v) is 5.89. The molecule has 0 aromatic carbocycles. The molecule has 0 bridgehead atoms. The second kappa shape index (κ2) is 61.6. The van der Waals surface area contributed by atoms with Crippen LogP contribution in [0.4, 0.5) is 0 Å². The minimum atomic E-state index is 1.18. The second-order valence-electron chi connectivity index (χ2n) is 10.3. The predicted octanol–water partition coefficient (Wildman–Crippen LogP) is 15.7. The Bertz CT molecular complexity index is 436. The van der Waals surface area contributed by atoms with Crippen molar-refractivity contribution in [2.24, 2.45) is 0 Å². The molecule has 240 valence electrons. The van der Waals surface area contributed by atoms with E-state index in [1.165, 1.54) is 135 Å². The monoisotopic (exact) mass is 561 g/mol. The van der Waals surface area contributed by atoms with Crippen molar-refractivity contribution in [1.82, 2.24) is 0 Å². The van der Waals surface area contributed by atoms with E-state index in [1.807, 2.05) is 6.08 Å². The SMILES string of the molecule is C/C=C/CCCCC.C/C=C\CCCCC.C=CCCCCCC.CC/C=C/CCCC.CCC/C=C/CCC. The molecule has 0 saturated heterocycles. The van der Waals surface area contributed by atoms with Gasteiger partial charge in [-0.05, 0) is 78.1 Å². The number of hydrogen-bond donors (Lipinski definition) is 0. The molecule has 0 N–H and O–H groups in total. The Morgan fingerprint density at radius 3 is 1.07 bits per heavy atom. The van der Waals surface area contributed by atoms with E-state index in [0.717, 1.165) is 0 Å². The van der Waals surface area contributed by atoms with Crippen LogP contribution < -0.4 is 0 Å². The summed E-state index contributed by atoms with van der Waals surface area (Å²) in [6, 6.07) is 0. The van der Waals surface area contributed by atoms with Crippen molar-refractivity contribution < 1.29 is 0 Å². The predicted molar refractivity (Wildman–Crippen MR) is 195 cm³/mol. The lowest BCUT2D eigenvalue weighted by molar-refractivity contribution is 0.675. The molecule has 0 aromatic rings. The maximum Gasteiger partial charge on any atom is -0.0351 e. The molecule has 0 rings (SSSR count). The van der Waals surface area contributed by atoms with Crippen LogP contribution in [0.25, 0.3) is 0 Å². The molecule has 0 unspecified atom stereocenters. The van der Waals surface area contributed by atoms with Gasteiger partial charge in [-0.25, -0.2) is 0 Å². The zero-order valence-corrected chi connectivity index (χ0v) is 29.8. The van der Waals surface area contributed by atoms with Crippen molar-refractivity contribution in [2.75, 3.05) is 0 Å². The lowest BCUT2D eigenvalue weighted by Crippen LogP contribution is -1.71. The van der Waals surface area contributed by atoms with Gasteiger partial charge in [-0.2, -0.15) is 0 Å². The van der Waals surface area contributed by atoms with E-state index in [9.17, 15) is 0 Å². The van der Waals surface area contributed by atoms with Crippen LogP contribution in [-0.4, -0.2) is 0 Å². The van der Waals surface area contributed by atoms with Gasteiger partial charge in [-0.3, -0.25) is 0 Å². The molecule has 0 heteroatoms. The van der Waals surface area contributed by atoms with E-state index >= 15 is 0 Å². The Hall–Kier alpha value is -1.30. The molecule has 0 atom stereocenters. The van der Waals surface area contributed by atoms with E-state index in [1.54, 1.807) is 0 Å². The summed E-state index contributed by atoms with van der Waals surface area (Å²) in [6.07, 6.45) is 47.2. The molecular formula is C40H80. The minimum Gasteiger partial charge on any atom is -0.103 e. The summed E-state index contributed by atoms with van der Waals surface area (Å²) in [7, 11) is 0. The Balaban J connectivity index is -0.000000128. The van der Waals surface area contributed by atoms with Gasteiger partial charge >= 0.3 is 0 Å². The third-order valence-electron chi connectivity index (χ3n) is 5.89. The van der Waals surface area contributed by atoms with Crippen molar-refractivity contribution in [3.63, 3.8) is 0 Å². The van der Waals surface area contributed by atoms with E-state index in [-0.39, 0.29) is 0 Å². The molecule has 0 aromatic heterocycles. The van der Waals surface area contributed by atoms with Crippen LogP contribution in [0.5, 0.6) is 0 Å². The molecule has 0 fully saturated rings. The van der Waals surface area contributed by atoms with Gasteiger partial charge in [0.25, 0.3) is 0 Å². The largest absolute Gasteiger partial charge is 0.103 e. The molecule has 0 aliphatic carbocycles. The van der Waals surface area contributed by atoms with E-state index in [4.69, 9.17) is 0 Å². The molecule has 0 saturated carbocycles. The third kappa shape index (κ3) is 83.3. The van der Waals surface area contributed by atoms with Gasteiger partial charge in [0.05, 0.1) is 0 Å². The number of rotatable bonds is 21. The van der Waals surface area contributed by atoms with E-state index < -0.39 is 0 Å². The minimum absolute atomic E-state index is 1.18. The summed E-state index contributed by atoms with van der Waals surface area (Å²) < 4.78 is 0. The molecule has 0 aliphatic heterocycles. The number of unbranched alkanes of at least 4 members (excludes halogenated alkanes) is 14. The van der Waals surface area contributed by atoms with Crippen LogP contribution in [0.3, 0.4) is 0 Å². The molecule has 0 nitrogen and oxygen atoms in total. The van der Waals surface area contributed by atoms with E-state index in [0.29, 0.717) is 0 Å². The van der Waals surface area contributed by atoms with Gasteiger partial charge < -0.3 is 0 Å². The highest BCUT2D eigenvalue weighted by atomic mass is 13.9. The van der Waals surface area contributed by atoms with Crippen LogP contribution in [0.15, 0.2) is 61.3 Å². The van der Waals surface area contributed by atoms with Gasteiger partial charge in [0.1, 0.15) is 0 Å². The first-order chi connectivity index (χ1) is 19.6. The second-order valence-corrected chi connectivity index (χ2v) is 10.3. The molecule has 40 heavy (non-hydrogen) atoms. The maximum atomic E-state index is 3.66. The molecule has 0 aliphatic rings. The highest BCUT2D eigenvalue weighted by Gasteiger charge is 1.82. The molecule has 0 amide bonds. The fourth-order valence-electron chi connectivity index (χ4n) is 3.25. The number of hydrogen-bond acceptors (Lipinski definition) is 0. The standard InChI is InChI=1S/5C8H16/c5*1-3-5-7-8-6-4-2/h7-8H,3-6H2,1-2H3;5,7H,3-4,6,8H2,1-2H3;2*3,5H,4,6-8H2,1-2H3;3H,1,4-8H2,2H3/b8-7+;7-5+;5-3+;5-3-;. The van der Waals surface area contributed by atoms with Gasteiger partial charge in [0.2, 0.25) is 0 Å². The Morgan fingerprint density at radius 1 is 0.350 bits per heavy atom. The summed E-state index contributed by atoms with van der Waals surface area (Å²) in [5.41, 5.74) is 0. The lowest BCUT2D eigenvalue weighted by atomic mass is 10.2. The average molecular weight is 561 g/mol. The first-order valence-electron chi connectivity index (χ1n) is 17.7. The van der Waals surface area contributed by atoms with Crippen molar-refractivity contribution in [2.45, 2.75) is 197 Å². The summed E-state index contributed by atoms with van der Waals surface area (Å²) in [6.45, 7) is 23.3. The molecular weight excluding hydrogens is 480 g/mol. The Kier molecular flexibility index (Phi) is 74.6. The topological polar surface area (TPSA) is 0 Å². The molecule has 0 radical (unpaired) electrons. The van der Waals surface area contributed by atoms with Crippen molar-refractivity contribution in [3.8, 4) is 0 Å². The molecule has 0 spiro atoms. The summed E-state index contributed by atoms with van der Waals surface area (Å²) >= 11 is 0. The fourth-order valence-corrected chi connectivity index (χ4v) is 3.25. The molecule has 0 heterocycles. The van der Waals surface area contributed by atoms with E-state index in [2.05, 4.69) is 118 Å². The van der Waals surface area contributed by atoms with Crippen LogP contribution in [0.1, 0.15) is 197 Å². The van der Waals surface area contributed by atoms with Crippen LogP contribution in [0.2, 0.25) is 0 Å². The van der Waals surface area contributed by atoms with Crippen molar-refractivity contribution in [3.05, 3.63) is 61.3 Å². The quantitative estimate of drug-likeness (QED) is 0.0967. The average Bonchev–Trinajstić information content (AvgIpc) is 2.98. The Labute approximate surface area is 258 Å². The lowest BCUT2D eigenvalue weighted by Gasteiger charge is -1.91. The van der Waals surface area contributed by atoms with Crippen molar-refractivity contribution >= 4 is 0 Å². The first-order valence-corrected chi connectivity index (χ1v) is 17.7. The highest BCUT2D eigenvalue weighted by molar-refractivity contribution is 4.80. The Morgan fingerprint density at radius 2 is 0.725 bits per heavy atom. The van der Waals surface area contributed by atoms with Gasteiger partial charge in [0, 0.05) is 0 Å². The highest BCUT2D eigenvalue weighted by Crippen LogP contribution is 2.02. The van der Waals surface area contributed by atoms with Gasteiger partial charge in [-0.15, -0.1) is 6.58 Å². The first kappa shape index (κ1) is 48.4. The van der Waals surface area contributed by atoms with Crippen molar-refractivity contribution in [1.29, 1.82) is 0 Å². The van der Waals surface area contributed by atoms with Gasteiger partial charge in [-0.1, -0.05) is 174 Å². The zero-order valence-electron chi connectivity index (χ0n) is 29.8. The van der Waals surface area contributed by atoms with Crippen LogP contribution >= 0.6 is 0 Å². The zero-order chi connectivity index (χ0) is 31.2. The smallest absolute Gasteiger partial charge is 0.0351 e. The number of allylic oxidation sites excluding steroid dienone is 9. The summed E-state index contributed by atoms with van der Waals surface area (Å²) in [5.74, 6) is 0. The fraction of sp³-hybridized carbons (Fsp3) is 0.750.